The third-order valence-corrected chi connectivity index (χ3v) is 5.27. The van der Waals surface area contributed by atoms with Gasteiger partial charge in [-0.2, -0.15) is 5.26 Å². The van der Waals surface area contributed by atoms with E-state index in [1.807, 2.05) is 41.8 Å². The molecule has 28 heavy (non-hydrogen) atoms. The minimum Gasteiger partial charge on any atom is -0.497 e. The second-order valence-corrected chi connectivity index (χ2v) is 7.24. The van der Waals surface area contributed by atoms with Crippen LogP contribution in [-0.4, -0.2) is 12.1 Å². The van der Waals surface area contributed by atoms with E-state index in [2.05, 4.69) is 35.4 Å². The Hall–Kier alpha value is -3.10. The third-order valence-electron chi connectivity index (χ3n) is 4.40. The molecule has 3 rings (SSSR count). The van der Waals surface area contributed by atoms with Crippen LogP contribution in [-0.2, 0) is 6.42 Å². The third kappa shape index (κ3) is 4.99. The van der Waals surface area contributed by atoms with Crippen molar-refractivity contribution < 1.29 is 4.74 Å². The first-order chi connectivity index (χ1) is 13.7. The Balaban J connectivity index is 1.71. The topological polar surface area (TPSA) is 57.9 Å². The van der Waals surface area contributed by atoms with Crippen LogP contribution in [0.15, 0.2) is 60.1 Å². The van der Waals surface area contributed by atoms with Crippen LogP contribution in [0, 0.1) is 11.3 Å². The van der Waals surface area contributed by atoms with Crippen molar-refractivity contribution in [1.29, 1.82) is 5.26 Å². The van der Waals surface area contributed by atoms with Crippen LogP contribution in [0.5, 0.6) is 5.75 Å². The highest BCUT2D eigenvalue weighted by atomic mass is 32.1. The molecule has 0 aliphatic carbocycles. The first-order valence-electron chi connectivity index (χ1n) is 9.29. The van der Waals surface area contributed by atoms with Crippen molar-refractivity contribution in [1.82, 2.24) is 4.98 Å². The molecule has 0 saturated carbocycles. The summed E-state index contributed by atoms with van der Waals surface area (Å²) in [6.07, 6.45) is 5.22. The van der Waals surface area contributed by atoms with E-state index in [9.17, 15) is 5.26 Å². The zero-order valence-electron chi connectivity index (χ0n) is 16.1. The maximum absolute atomic E-state index is 9.54. The van der Waals surface area contributed by atoms with Crippen LogP contribution >= 0.6 is 11.3 Å². The molecular weight excluding hydrogens is 366 g/mol. The molecule has 1 N–H and O–H groups in total. The van der Waals surface area contributed by atoms with Gasteiger partial charge in [0.1, 0.15) is 22.4 Å². The van der Waals surface area contributed by atoms with Crippen molar-refractivity contribution in [3.63, 3.8) is 0 Å². The quantitative estimate of drug-likeness (QED) is 0.470. The molecule has 0 radical (unpaired) electrons. The SMILES string of the molecule is CCCCc1ccc(N/C=C(\C#N)c2nc(-c3ccc(OC)cc3)cs2)cc1. The Morgan fingerprint density at radius 3 is 2.57 bits per heavy atom. The molecule has 1 heterocycles. The standard InChI is InChI=1S/C23H23N3OS/c1-3-4-5-17-6-10-20(11-7-17)25-15-19(14-24)23-26-22(16-28-23)18-8-12-21(27-2)13-9-18/h6-13,15-16,25H,3-5H2,1-2H3/b19-15+. The predicted molar refractivity (Wildman–Crippen MR) is 116 cm³/mol. The van der Waals surface area contributed by atoms with Crippen LogP contribution < -0.4 is 10.1 Å². The molecular formula is C23H23N3OS. The Labute approximate surface area is 170 Å². The average molecular weight is 390 g/mol. The summed E-state index contributed by atoms with van der Waals surface area (Å²) in [5, 5.41) is 15.4. The van der Waals surface area contributed by atoms with Crippen LogP contribution in [0.4, 0.5) is 5.69 Å². The van der Waals surface area contributed by atoms with Gasteiger partial charge in [0.05, 0.1) is 12.8 Å². The van der Waals surface area contributed by atoms with E-state index in [4.69, 9.17) is 4.74 Å². The molecule has 1 aromatic heterocycles. The molecule has 0 aliphatic heterocycles. The van der Waals surface area contributed by atoms with Crippen molar-refractivity contribution >= 4 is 22.6 Å². The molecule has 0 saturated heterocycles. The normalized spacial score (nSPS) is 11.1. The van der Waals surface area contributed by atoms with E-state index >= 15 is 0 Å². The number of nitrogens with zero attached hydrogens (tertiary/aromatic N) is 2. The zero-order chi connectivity index (χ0) is 19.8. The van der Waals surface area contributed by atoms with Crippen molar-refractivity contribution in [2.45, 2.75) is 26.2 Å². The van der Waals surface area contributed by atoms with E-state index in [1.165, 1.54) is 29.7 Å². The molecule has 4 nitrogen and oxygen atoms in total. The number of allylic oxidation sites excluding steroid dienone is 1. The van der Waals surface area contributed by atoms with Crippen LogP contribution in [0.2, 0.25) is 0 Å². The van der Waals surface area contributed by atoms with Crippen molar-refractivity contribution in [3.05, 3.63) is 70.7 Å². The summed E-state index contributed by atoms with van der Waals surface area (Å²) < 4.78 is 5.19. The number of nitriles is 1. The van der Waals surface area contributed by atoms with Gasteiger partial charge >= 0.3 is 0 Å². The summed E-state index contributed by atoms with van der Waals surface area (Å²) in [6, 6.07) is 18.3. The van der Waals surface area contributed by atoms with Gasteiger partial charge in [0.2, 0.25) is 0 Å². The Morgan fingerprint density at radius 1 is 1.18 bits per heavy atom. The van der Waals surface area contributed by atoms with Gasteiger partial charge < -0.3 is 10.1 Å². The van der Waals surface area contributed by atoms with Gasteiger partial charge in [-0.1, -0.05) is 25.5 Å². The lowest BCUT2D eigenvalue weighted by molar-refractivity contribution is 0.415. The fraction of sp³-hybridized carbons (Fsp3) is 0.217. The molecule has 5 heteroatoms. The molecule has 142 valence electrons. The van der Waals surface area contributed by atoms with E-state index in [0.717, 1.165) is 29.1 Å². The smallest absolute Gasteiger partial charge is 0.136 e. The maximum atomic E-state index is 9.54. The first kappa shape index (κ1) is 19.7. The number of unbranched alkanes of at least 4 members (excludes halogenated alkanes) is 1. The largest absolute Gasteiger partial charge is 0.497 e. The fourth-order valence-electron chi connectivity index (χ4n) is 2.74. The number of rotatable bonds is 8. The summed E-state index contributed by atoms with van der Waals surface area (Å²) in [5.74, 6) is 0.807. The highest BCUT2D eigenvalue weighted by Gasteiger charge is 2.09. The minimum absolute atomic E-state index is 0.514. The van der Waals surface area contributed by atoms with Gasteiger partial charge in [0.25, 0.3) is 0 Å². The molecule has 2 aromatic carbocycles. The van der Waals surface area contributed by atoms with Gasteiger partial charge in [-0.25, -0.2) is 4.98 Å². The van der Waals surface area contributed by atoms with Crippen molar-refractivity contribution in [3.8, 4) is 23.1 Å². The lowest BCUT2D eigenvalue weighted by Crippen LogP contribution is -1.92. The number of methoxy groups -OCH3 is 1. The molecule has 3 aromatic rings. The number of ether oxygens (including phenoxy) is 1. The lowest BCUT2D eigenvalue weighted by Gasteiger charge is -2.04. The summed E-state index contributed by atoms with van der Waals surface area (Å²) in [6.45, 7) is 2.20. The molecule has 0 atom stereocenters. The maximum Gasteiger partial charge on any atom is 0.136 e. The van der Waals surface area contributed by atoms with Gasteiger partial charge in [-0.3, -0.25) is 0 Å². The monoisotopic (exact) mass is 389 g/mol. The number of aryl methyl sites for hydroxylation is 1. The number of hydrogen-bond donors (Lipinski definition) is 1. The molecule has 0 bridgehead atoms. The van der Waals surface area contributed by atoms with Gasteiger partial charge in [-0.15, -0.1) is 11.3 Å². The molecule has 0 spiro atoms. The van der Waals surface area contributed by atoms with Crippen LogP contribution in [0.25, 0.3) is 16.8 Å². The summed E-state index contributed by atoms with van der Waals surface area (Å²) in [4.78, 5) is 4.61. The Kier molecular flexibility index (Phi) is 6.83. The molecule has 0 fully saturated rings. The lowest BCUT2D eigenvalue weighted by atomic mass is 10.1. The summed E-state index contributed by atoms with van der Waals surface area (Å²) in [7, 11) is 1.64. The van der Waals surface area contributed by atoms with Crippen molar-refractivity contribution in [2.24, 2.45) is 0 Å². The zero-order valence-corrected chi connectivity index (χ0v) is 16.9. The summed E-state index contributed by atoms with van der Waals surface area (Å²) in [5.41, 5.74) is 4.65. The average Bonchev–Trinajstić information content (AvgIpc) is 3.23. The summed E-state index contributed by atoms with van der Waals surface area (Å²) >= 11 is 1.46. The van der Waals surface area contributed by atoms with E-state index in [-0.39, 0.29) is 0 Å². The van der Waals surface area contributed by atoms with Gasteiger partial charge in [-0.05, 0) is 54.8 Å². The highest BCUT2D eigenvalue weighted by Crippen LogP contribution is 2.27. The number of thiazole rings is 1. The van der Waals surface area contributed by atoms with Crippen LogP contribution in [0.1, 0.15) is 30.3 Å². The molecule has 0 amide bonds. The van der Waals surface area contributed by atoms with Crippen molar-refractivity contribution in [2.75, 3.05) is 12.4 Å². The number of hydrogen-bond acceptors (Lipinski definition) is 5. The van der Waals surface area contributed by atoms with Crippen LogP contribution in [0.3, 0.4) is 0 Å². The Morgan fingerprint density at radius 2 is 1.93 bits per heavy atom. The van der Waals surface area contributed by atoms with E-state index < -0.39 is 0 Å². The second-order valence-electron chi connectivity index (χ2n) is 6.38. The molecule has 0 unspecified atom stereocenters. The van der Waals surface area contributed by atoms with Gasteiger partial charge in [0, 0.05) is 22.8 Å². The fourth-order valence-corrected chi connectivity index (χ4v) is 3.53. The Bertz CT molecular complexity index is 966. The number of benzene rings is 2. The highest BCUT2D eigenvalue weighted by molar-refractivity contribution is 7.11. The molecule has 0 aliphatic rings. The van der Waals surface area contributed by atoms with E-state index in [0.29, 0.717) is 10.6 Å². The number of anilines is 1. The van der Waals surface area contributed by atoms with E-state index in [1.54, 1.807) is 13.3 Å². The first-order valence-corrected chi connectivity index (χ1v) is 10.2. The minimum atomic E-state index is 0.514. The number of nitrogens with one attached hydrogen (secondary N) is 1. The second kappa shape index (κ2) is 9.72. The predicted octanol–water partition coefficient (Wildman–Crippen LogP) is 6.14. The number of aromatic nitrogens is 1. The van der Waals surface area contributed by atoms with Gasteiger partial charge in [0.15, 0.2) is 0 Å².